The number of nitrogens with zero attached hydrogens (tertiary/aromatic N) is 3. The number of para-hydroxylation sites is 1. The molecule has 32 heavy (non-hydrogen) atoms. The van der Waals surface area contributed by atoms with E-state index in [-0.39, 0.29) is 36.4 Å². The van der Waals surface area contributed by atoms with E-state index in [9.17, 15) is 14.4 Å². The number of aryl methyl sites for hydroxylation is 1. The van der Waals surface area contributed by atoms with Crippen molar-refractivity contribution in [2.75, 3.05) is 6.54 Å². The molecule has 3 aromatic rings. The van der Waals surface area contributed by atoms with Crippen molar-refractivity contribution in [3.63, 3.8) is 0 Å². The number of nitrogens with one attached hydrogen (secondary N) is 1. The highest BCUT2D eigenvalue weighted by atomic mass is 16.2. The van der Waals surface area contributed by atoms with E-state index in [0.29, 0.717) is 29.8 Å². The average Bonchev–Trinajstić information content (AvgIpc) is 3.13. The number of aromatic nitrogens is 2. The maximum absolute atomic E-state index is 13.4. The molecule has 166 valence electrons. The minimum Gasteiger partial charge on any atom is -0.338 e. The van der Waals surface area contributed by atoms with Crippen LogP contribution in [0.25, 0.3) is 10.9 Å². The lowest BCUT2D eigenvalue weighted by atomic mass is 10.1. The van der Waals surface area contributed by atoms with E-state index < -0.39 is 5.92 Å². The second kappa shape index (κ2) is 8.94. The lowest BCUT2D eigenvalue weighted by Crippen LogP contribution is -2.42. The van der Waals surface area contributed by atoms with Gasteiger partial charge in [-0.2, -0.15) is 0 Å². The Hall–Kier alpha value is -3.48. The predicted molar refractivity (Wildman–Crippen MR) is 123 cm³/mol. The van der Waals surface area contributed by atoms with Crippen molar-refractivity contribution in [2.24, 2.45) is 5.92 Å². The maximum atomic E-state index is 13.4. The number of carbonyl (C=O) groups excluding carboxylic acids is 2. The second-order valence-electron chi connectivity index (χ2n) is 8.75. The van der Waals surface area contributed by atoms with Crippen molar-refractivity contribution in [1.82, 2.24) is 19.8 Å². The van der Waals surface area contributed by atoms with Crippen LogP contribution < -0.4 is 5.56 Å². The van der Waals surface area contributed by atoms with Gasteiger partial charge in [0.1, 0.15) is 5.82 Å². The summed E-state index contributed by atoms with van der Waals surface area (Å²) in [4.78, 5) is 49.1. The number of likely N-dealkylation sites (tertiary alicyclic amines) is 1. The number of rotatable bonds is 6. The first-order chi connectivity index (χ1) is 15.3. The van der Waals surface area contributed by atoms with Gasteiger partial charge in [-0.1, -0.05) is 42.0 Å². The van der Waals surface area contributed by atoms with Crippen LogP contribution in [0.5, 0.6) is 0 Å². The molecule has 2 aromatic carbocycles. The molecule has 0 aliphatic carbocycles. The third-order valence-electron chi connectivity index (χ3n) is 5.95. The monoisotopic (exact) mass is 432 g/mol. The lowest BCUT2D eigenvalue weighted by molar-refractivity contribution is -0.138. The third-order valence-corrected chi connectivity index (χ3v) is 5.95. The highest BCUT2D eigenvalue weighted by Crippen LogP contribution is 2.24. The summed E-state index contributed by atoms with van der Waals surface area (Å²) in [6.07, 6.45) is 0.204. The third kappa shape index (κ3) is 4.56. The SMILES string of the molecule is Cc1ccc(CN2CC(C(=O)N(Cc3nc4ccccc4c(=O)[nH]3)C(C)C)CC2=O)cc1. The molecule has 0 saturated carbocycles. The Morgan fingerprint density at radius 3 is 2.59 bits per heavy atom. The zero-order valence-corrected chi connectivity index (χ0v) is 18.7. The Kier molecular flexibility index (Phi) is 6.08. The Morgan fingerprint density at radius 2 is 1.88 bits per heavy atom. The van der Waals surface area contributed by atoms with Crippen LogP contribution in [0, 0.1) is 12.8 Å². The first-order valence-electron chi connectivity index (χ1n) is 10.9. The van der Waals surface area contributed by atoms with E-state index in [1.807, 2.05) is 51.1 Å². The summed E-state index contributed by atoms with van der Waals surface area (Å²) in [5, 5.41) is 0.520. The molecule has 1 N–H and O–H groups in total. The molecule has 2 heterocycles. The smallest absolute Gasteiger partial charge is 0.258 e. The van der Waals surface area contributed by atoms with Gasteiger partial charge in [0.25, 0.3) is 5.56 Å². The summed E-state index contributed by atoms with van der Waals surface area (Å²) >= 11 is 0. The number of carbonyl (C=O) groups is 2. The van der Waals surface area contributed by atoms with Gasteiger partial charge in [-0.05, 0) is 38.5 Å². The molecule has 1 aromatic heterocycles. The topological polar surface area (TPSA) is 86.4 Å². The first-order valence-corrected chi connectivity index (χ1v) is 10.9. The molecule has 1 aliphatic heterocycles. The van der Waals surface area contributed by atoms with Crippen molar-refractivity contribution < 1.29 is 9.59 Å². The molecular formula is C25H28N4O3. The van der Waals surface area contributed by atoms with Gasteiger partial charge in [0.15, 0.2) is 0 Å². The van der Waals surface area contributed by atoms with Crippen LogP contribution in [0.4, 0.5) is 0 Å². The molecule has 7 nitrogen and oxygen atoms in total. The second-order valence-corrected chi connectivity index (χ2v) is 8.75. The lowest BCUT2D eigenvalue weighted by Gasteiger charge is -2.29. The van der Waals surface area contributed by atoms with Gasteiger partial charge >= 0.3 is 0 Å². The molecule has 0 bridgehead atoms. The Morgan fingerprint density at radius 1 is 1.16 bits per heavy atom. The fraction of sp³-hybridized carbons (Fsp3) is 0.360. The summed E-state index contributed by atoms with van der Waals surface area (Å²) in [6, 6.07) is 15.1. The fourth-order valence-electron chi connectivity index (χ4n) is 4.12. The van der Waals surface area contributed by atoms with Crippen LogP contribution in [0.1, 0.15) is 37.2 Å². The van der Waals surface area contributed by atoms with E-state index in [0.717, 1.165) is 5.56 Å². The zero-order chi connectivity index (χ0) is 22.8. The van der Waals surface area contributed by atoms with Gasteiger partial charge in [-0.3, -0.25) is 14.4 Å². The van der Waals surface area contributed by atoms with Gasteiger partial charge in [0.05, 0.1) is 23.4 Å². The molecule has 0 radical (unpaired) electrons. The van der Waals surface area contributed by atoms with Crippen LogP contribution in [0.2, 0.25) is 0 Å². The van der Waals surface area contributed by atoms with Crippen molar-refractivity contribution in [1.29, 1.82) is 0 Å². The molecular weight excluding hydrogens is 404 g/mol. The number of H-pyrrole nitrogens is 1. The van der Waals surface area contributed by atoms with Crippen LogP contribution in [0.15, 0.2) is 53.3 Å². The van der Waals surface area contributed by atoms with Crippen molar-refractivity contribution in [2.45, 2.75) is 46.3 Å². The Balaban J connectivity index is 1.49. The summed E-state index contributed by atoms with van der Waals surface area (Å²) in [5.74, 6) is -0.0560. The van der Waals surface area contributed by atoms with Gasteiger partial charge in [0.2, 0.25) is 11.8 Å². The predicted octanol–water partition coefficient (Wildman–Crippen LogP) is 3.02. The average molecular weight is 433 g/mol. The van der Waals surface area contributed by atoms with Crippen molar-refractivity contribution >= 4 is 22.7 Å². The summed E-state index contributed by atoms with van der Waals surface area (Å²) in [5.41, 5.74) is 2.60. The van der Waals surface area contributed by atoms with E-state index >= 15 is 0 Å². The van der Waals surface area contributed by atoms with Crippen LogP contribution in [-0.2, 0) is 22.7 Å². The van der Waals surface area contributed by atoms with Crippen LogP contribution in [0.3, 0.4) is 0 Å². The Bertz CT molecular complexity index is 1200. The quantitative estimate of drug-likeness (QED) is 0.649. The molecule has 1 aliphatic rings. The molecule has 1 atom stereocenters. The molecule has 7 heteroatoms. The van der Waals surface area contributed by atoms with E-state index in [4.69, 9.17) is 0 Å². The highest BCUT2D eigenvalue weighted by Gasteiger charge is 2.37. The molecule has 2 amide bonds. The summed E-state index contributed by atoms with van der Waals surface area (Å²) in [6.45, 7) is 6.98. The van der Waals surface area contributed by atoms with Gasteiger partial charge < -0.3 is 14.8 Å². The normalized spacial score (nSPS) is 16.2. The summed E-state index contributed by atoms with van der Waals surface area (Å²) in [7, 11) is 0. The zero-order valence-electron chi connectivity index (χ0n) is 18.7. The van der Waals surface area contributed by atoms with Crippen molar-refractivity contribution in [3.05, 3.63) is 75.8 Å². The van der Waals surface area contributed by atoms with Crippen LogP contribution in [-0.4, -0.2) is 44.2 Å². The standard InChI is InChI=1S/C25H28N4O3/c1-16(2)29(15-22-26-21-7-5-4-6-20(21)24(31)27-22)25(32)19-12-23(30)28(14-19)13-18-10-8-17(3)9-11-18/h4-11,16,19H,12-15H2,1-3H3,(H,26,27,31). The van der Waals surface area contributed by atoms with Crippen LogP contribution >= 0.6 is 0 Å². The molecule has 0 spiro atoms. The number of hydrogen-bond donors (Lipinski definition) is 1. The highest BCUT2D eigenvalue weighted by molar-refractivity contribution is 5.89. The number of amides is 2. The number of aromatic amines is 1. The maximum Gasteiger partial charge on any atom is 0.258 e. The van der Waals surface area contributed by atoms with E-state index in [2.05, 4.69) is 9.97 Å². The fourth-order valence-corrected chi connectivity index (χ4v) is 4.12. The molecule has 4 rings (SSSR count). The molecule has 1 saturated heterocycles. The van der Waals surface area contributed by atoms with Gasteiger partial charge in [-0.25, -0.2) is 4.98 Å². The van der Waals surface area contributed by atoms with E-state index in [1.165, 1.54) is 5.56 Å². The first kappa shape index (κ1) is 21.7. The van der Waals surface area contributed by atoms with Gasteiger partial charge in [-0.15, -0.1) is 0 Å². The molecule has 1 fully saturated rings. The largest absolute Gasteiger partial charge is 0.338 e. The number of benzene rings is 2. The number of hydrogen-bond acceptors (Lipinski definition) is 4. The minimum atomic E-state index is -0.400. The van der Waals surface area contributed by atoms with Crippen molar-refractivity contribution in [3.8, 4) is 0 Å². The minimum absolute atomic E-state index is 0.00938. The molecule has 1 unspecified atom stereocenters. The summed E-state index contributed by atoms with van der Waals surface area (Å²) < 4.78 is 0. The number of fused-ring (bicyclic) bond motifs is 1. The van der Waals surface area contributed by atoms with E-state index in [1.54, 1.807) is 28.0 Å². The van der Waals surface area contributed by atoms with Gasteiger partial charge in [0, 0.05) is 25.6 Å². The Labute approximate surface area is 187 Å².